The maximum Gasteiger partial charge on any atom is 0.233 e. The molecule has 0 spiro atoms. The SMILES string of the molecule is NC(=O)C1CCCN(C(=O)CSc2ncccc2Cl)C1. The number of carbonyl (C=O) groups is 2. The smallest absolute Gasteiger partial charge is 0.233 e. The second kappa shape index (κ2) is 6.95. The molecular weight excluding hydrogens is 298 g/mol. The van der Waals surface area contributed by atoms with Gasteiger partial charge in [0.1, 0.15) is 5.03 Å². The van der Waals surface area contributed by atoms with E-state index >= 15 is 0 Å². The summed E-state index contributed by atoms with van der Waals surface area (Å²) in [5.74, 6) is -0.302. The number of halogens is 1. The van der Waals surface area contributed by atoms with Crippen LogP contribution in [0.1, 0.15) is 12.8 Å². The molecule has 0 aliphatic carbocycles. The van der Waals surface area contributed by atoms with Crippen molar-refractivity contribution >= 4 is 35.2 Å². The first-order valence-electron chi connectivity index (χ1n) is 6.38. The molecule has 0 radical (unpaired) electrons. The highest BCUT2D eigenvalue weighted by atomic mass is 35.5. The second-order valence-electron chi connectivity index (χ2n) is 4.66. The monoisotopic (exact) mass is 313 g/mol. The lowest BCUT2D eigenvalue weighted by Gasteiger charge is -2.31. The van der Waals surface area contributed by atoms with Crippen molar-refractivity contribution in [1.82, 2.24) is 9.88 Å². The molecule has 1 aromatic heterocycles. The zero-order valence-electron chi connectivity index (χ0n) is 10.9. The molecule has 1 unspecified atom stereocenters. The quantitative estimate of drug-likeness (QED) is 0.856. The number of hydrogen-bond donors (Lipinski definition) is 1. The number of nitrogens with zero attached hydrogens (tertiary/aromatic N) is 2. The first kappa shape index (κ1) is 15.1. The van der Waals surface area contributed by atoms with Crippen molar-refractivity contribution in [2.24, 2.45) is 11.7 Å². The Balaban J connectivity index is 1.89. The van der Waals surface area contributed by atoms with E-state index in [2.05, 4.69) is 4.98 Å². The summed E-state index contributed by atoms with van der Waals surface area (Å²) < 4.78 is 0. The number of thioether (sulfide) groups is 1. The molecule has 1 saturated heterocycles. The van der Waals surface area contributed by atoms with Crippen LogP contribution in [0.5, 0.6) is 0 Å². The average Bonchev–Trinajstić information content (AvgIpc) is 2.46. The molecule has 2 amide bonds. The van der Waals surface area contributed by atoms with Gasteiger partial charge in [0.2, 0.25) is 11.8 Å². The van der Waals surface area contributed by atoms with Crippen LogP contribution in [0.15, 0.2) is 23.4 Å². The number of likely N-dealkylation sites (tertiary alicyclic amines) is 1. The Kier molecular flexibility index (Phi) is 5.25. The number of hydrogen-bond acceptors (Lipinski definition) is 4. The Morgan fingerprint density at radius 2 is 2.35 bits per heavy atom. The normalized spacial score (nSPS) is 18.9. The van der Waals surface area contributed by atoms with Gasteiger partial charge in [-0.15, -0.1) is 0 Å². The van der Waals surface area contributed by atoms with Gasteiger partial charge in [-0.25, -0.2) is 4.98 Å². The minimum Gasteiger partial charge on any atom is -0.369 e. The Labute approximate surface area is 126 Å². The molecule has 1 aliphatic rings. The van der Waals surface area contributed by atoms with Crippen LogP contribution in [0.4, 0.5) is 0 Å². The van der Waals surface area contributed by atoms with Crippen LogP contribution in [0, 0.1) is 5.92 Å². The van der Waals surface area contributed by atoms with Crippen LogP contribution in [-0.2, 0) is 9.59 Å². The highest BCUT2D eigenvalue weighted by molar-refractivity contribution is 8.00. The molecule has 0 saturated carbocycles. The van der Waals surface area contributed by atoms with Crippen LogP contribution >= 0.6 is 23.4 Å². The van der Waals surface area contributed by atoms with Gasteiger partial charge >= 0.3 is 0 Å². The third-order valence-electron chi connectivity index (χ3n) is 3.23. The predicted molar refractivity (Wildman–Crippen MR) is 78.5 cm³/mol. The molecule has 2 N–H and O–H groups in total. The van der Waals surface area contributed by atoms with Crippen LogP contribution in [-0.4, -0.2) is 40.5 Å². The third-order valence-corrected chi connectivity index (χ3v) is 4.64. The van der Waals surface area contributed by atoms with E-state index in [9.17, 15) is 9.59 Å². The van der Waals surface area contributed by atoms with Gasteiger partial charge in [-0.2, -0.15) is 0 Å². The molecule has 108 valence electrons. The van der Waals surface area contributed by atoms with E-state index in [1.807, 2.05) is 0 Å². The van der Waals surface area contributed by atoms with Gasteiger partial charge in [-0.3, -0.25) is 9.59 Å². The fourth-order valence-corrected chi connectivity index (χ4v) is 3.20. The molecule has 2 rings (SSSR count). The van der Waals surface area contributed by atoms with Crippen molar-refractivity contribution in [1.29, 1.82) is 0 Å². The Bertz CT molecular complexity index is 512. The minimum atomic E-state index is -0.331. The Morgan fingerprint density at radius 1 is 1.55 bits per heavy atom. The van der Waals surface area contributed by atoms with Crippen LogP contribution in [0.25, 0.3) is 0 Å². The lowest BCUT2D eigenvalue weighted by atomic mass is 9.97. The van der Waals surface area contributed by atoms with E-state index < -0.39 is 0 Å². The Morgan fingerprint density at radius 3 is 3.05 bits per heavy atom. The summed E-state index contributed by atoms with van der Waals surface area (Å²) in [7, 11) is 0. The second-order valence-corrected chi connectivity index (χ2v) is 6.03. The summed E-state index contributed by atoms with van der Waals surface area (Å²) in [5, 5.41) is 1.19. The van der Waals surface area contributed by atoms with E-state index in [0.29, 0.717) is 23.1 Å². The van der Waals surface area contributed by atoms with Gasteiger partial charge in [-0.1, -0.05) is 23.4 Å². The lowest BCUT2D eigenvalue weighted by Crippen LogP contribution is -2.44. The van der Waals surface area contributed by atoms with Gasteiger partial charge in [-0.05, 0) is 25.0 Å². The molecule has 7 heteroatoms. The Hall–Kier alpha value is -1.27. The fraction of sp³-hybridized carbons (Fsp3) is 0.462. The van der Waals surface area contributed by atoms with E-state index in [0.717, 1.165) is 12.8 Å². The first-order chi connectivity index (χ1) is 9.58. The number of piperidine rings is 1. The van der Waals surface area contributed by atoms with E-state index in [-0.39, 0.29) is 23.5 Å². The summed E-state index contributed by atoms with van der Waals surface area (Å²) in [6.45, 7) is 1.10. The maximum atomic E-state index is 12.1. The first-order valence-corrected chi connectivity index (χ1v) is 7.74. The number of amides is 2. The topological polar surface area (TPSA) is 76.3 Å². The summed E-state index contributed by atoms with van der Waals surface area (Å²) in [4.78, 5) is 29.2. The highest BCUT2D eigenvalue weighted by Crippen LogP contribution is 2.25. The highest BCUT2D eigenvalue weighted by Gasteiger charge is 2.26. The van der Waals surface area contributed by atoms with Gasteiger partial charge in [0.05, 0.1) is 16.7 Å². The minimum absolute atomic E-state index is 0.0114. The number of rotatable bonds is 4. The molecular formula is C13H16ClN3O2S. The molecule has 5 nitrogen and oxygen atoms in total. The molecule has 0 aromatic carbocycles. The van der Waals surface area contributed by atoms with E-state index in [1.54, 1.807) is 23.2 Å². The molecule has 0 bridgehead atoms. The van der Waals surface area contributed by atoms with Crippen molar-refractivity contribution < 1.29 is 9.59 Å². The molecule has 2 heterocycles. The van der Waals surface area contributed by atoms with Crippen molar-refractivity contribution in [2.45, 2.75) is 17.9 Å². The van der Waals surface area contributed by atoms with Crippen LogP contribution < -0.4 is 5.73 Å². The number of nitrogens with two attached hydrogens (primary N) is 1. The number of pyridine rings is 1. The number of aromatic nitrogens is 1. The summed E-state index contributed by atoms with van der Waals surface area (Å²) in [6.07, 6.45) is 3.22. The molecule has 1 aliphatic heterocycles. The third kappa shape index (κ3) is 3.86. The van der Waals surface area contributed by atoms with Gasteiger partial charge in [0.15, 0.2) is 0 Å². The largest absolute Gasteiger partial charge is 0.369 e. The summed E-state index contributed by atoms with van der Waals surface area (Å²) >= 11 is 7.30. The van der Waals surface area contributed by atoms with Crippen molar-refractivity contribution in [3.63, 3.8) is 0 Å². The zero-order valence-corrected chi connectivity index (χ0v) is 12.5. The standard InChI is InChI=1S/C13H16ClN3O2S/c14-10-4-1-5-16-13(10)20-8-11(18)17-6-2-3-9(7-17)12(15)19/h1,4-5,9H,2-3,6-8H2,(H2,15,19). The lowest BCUT2D eigenvalue weighted by molar-refractivity contribution is -0.132. The van der Waals surface area contributed by atoms with Crippen LogP contribution in [0.3, 0.4) is 0 Å². The van der Waals surface area contributed by atoms with Crippen molar-refractivity contribution in [2.75, 3.05) is 18.8 Å². The van der Waals surface area contributed by atoms with E-state index in [4.69, 9.17) is 17.3 Å². The van der Waals surface area contributed by atoms with E-state index in [1.165, 1.54) is 11.8 Å². The summed E-state index contributed by atoms with van der Waals surface area (Å²) in [6, 6.07) is 3.49. The van der Waals surface area contributed by atoms with Crippen molar-refractivity contribution in [3.05, 3.63) is 23.4 Å². The fourth-order valence-electron chi connectivity index (χ4n) is 2.13. The van der Waals surface area contributed by atoms with Crippen molar-refractivity contribution in [3.8, 4) is 0 Å². The summed E-state index contributed by atoms with van der Waals surface area (Å²) in [5.41, 5.74) is 5.30. The van der Waals surface area contributed by atoms with Gasteiger partial charge < -0.3 is 10.6 Å². The zero-order chi connectivity index (χ0) is 14.5. The average molecular weight is 314 g/mol. The van der Waals surface area contributed by atoms with Gasteiger partial charge in [0.25, 0.3) is 0 Å². The number of carbonyl (C=O) groups excluding carboxylic acids is 2. The van der Waals surface area contributed by atoms with Gasteiger partial charge in [0, 0.05) is 19.3 Å². The number of primary amides is 1. The predicted octanol–water partition coefficient (Wildman–Crippen LogP) is 1.55. The molecule has 1 atom stereocenters. The van der Waals surface area contributed by atoms with Crippen LogP contribution in [0.2, 0.25) is 5.02 Å². The maximum absolute atomic E-state index is 12.1. The molecule has 20 heavy (non-hydrogen) atoms. The molecule has 1 aromatic rings. The molecule has 1 fully saturated rings.